The van der Waals surface area contributed by atoms with E-state index in [1.807, 2.05) is 12.7 Å². The molecular formula is C3H4NP. The Morgan fingerprint density at radius 2 is 2.60 bits per heavy atom. The van der Waals surface area contributed by atoms with Gasteiger partial charge in [-0.2, -0.15) is 5.26 Å². The first kappa shape index (κ1) is 4.66. The van der Waals surface area contributed by atoms with Crippen LogP contribution in [-0.2, 0) is 0 Å². The van der Waals surface area contributed by atoms with E-state index in [1.54, 1.807) is 5.80 Å². The molecule has 0 fully saturated rings. The van der Waals surface area contributed by atoms with Crippen LogP contribution in [0.1, 0.15) is 6.92 Å². The Balaban J connectivity index is 3.04. The zero-order chi connectivity index (χ0) is 4.12. The minimum absolute atomic E-state index is 0.761. The summed E-state index contributed by atoms with van der Waals surface area (Å²) in [6.07, 6.45) is 0. The van der Waals surface area contributed by atoms with Crippen LogP contribution >= 0.6 is 8.20 Å². The van der Waals surface area contributed by atoms with E-state index in [9.17, 15) is 0 Å². The van der Waals surface area contributed by atoms with E-state index in [2.05, 4.69) is 0 Å². The lowest BCUT2D eigenvalue weighted by Crippen LogP contribution is -1.34. The first-order chi connectivity index (χ1) is 2.41. The summed E-state index contributed by atoms with van der Waals surface area (Å²) in [5, 5.41) is 7.77. The lowest BCUT2D eigenvalue weighted by Gasteiger charge is -1.46. The maximum absolute atomic E-state index is 7.77. The molecule has 0 aliphatic rings. The molecule has 0 aromatic heterocycles. The highest BCUT2D eigenvalue weighted by Crippen LogP contribution is 1.81. The van der Waals surface area contributed by atoms with Crippen LogP contribution in [0.15, 0.2) is 0 Å². The quantitative estimate of drug-likeness (QED) is 0.406. The van der Waals surface area contributed by atoms with E-state index in [0.29, 0.717) is 0 Å². The first-order valence-electron chi connectivity index (χ1n) is 1.28. The molecule has 0 aromatic carbocycles. The molecule has 0 radical (unpaired) electrons. The Labute approximate surface area is 33.0 Å². The van der Waals surface area contributed by atoms with Crippen molar-refractivity contribution in [3.63, 3.8) is 0 Å². The van der Waals surface area contributed by atoms with Crippen molar-refractivity contribution in [3.8, 4) is 5.81 Å². The van der Waals surface area contributed by atoms with Crippen molar-refractivity contribution in [2.24, 2.45) is 0 Å². The van der Waals surface area contributed by atoms with Crippen LogP contribution in [0.3, 0.4) is 0 Å². The summed E-state index contributed by atoms with van der Waals surface area (Å²) >= 11 is 0. The van der Waals surface area contributed by atoms with Crippen molar-refractivity contribution in [1.29, 1.82) is 5.26 Å². The molecular weight excluding hydrogens is 81.0 g/mol. The molecule has 0 saturated heterocycles. The third-order valence-electron chi connectivity index (χ3n) is 0.187. The highest BCUT2D eigenvalue weighted by atomic mass is 31.1. The molecule has 0 atom stereocenters. The highest BCUT2D eigenvalue weighted by molar-refractivity contribution is 7.43. The van der Waals surface area contributed by atoms with E-state index in [-0.39, 0.29) is 0 Å². The third kappa shape index (κ3) is 3.66. The Bertz CT molecular complexity index is 69.5. The topological polar surface area (TPSA) is 23.8 Å². The average molecular weight is 85.0 g/mol. The summed E-state index contributed by atoms with van der Waals surface area (Å²) in [5.74, 6) is 3.73. The average Bonchev–Trinajstić information content (AvgIpc) is 1.41. The lowest BCUT2D eigenvalue weighted by atomic mass is 11.0. The van der Waals surface area contributed by atoms with Gasteiger partial charge in [0.15, 0.2) is 0 Å². The van der Waals surface area contributed by atoms with Gasteiger partial charge in [0.25, 0.3) is 0 Å². The molecule has 1 nitrogen and oxygen atoms in total. The van der Waals surface area contributed by atoms with Crippen LogP contribution in [-0.4, -0.2) is 5.80 Å². The molecule has 0 heterocycles. The summed E-state index contributed by atoms with van der Waals surface area (Å²) < 4.78 is 0. The molecule has 5 heavy (non-hydrogen) atoms. The number of hydrogen-bond donors (Lipinski definition) is 0. The Kier molecular flexibility index (Phi) is 3.41. The highest BCUT2D eigenvalue weighted by Gasteiger charge is 1.47. The zero-order valence-electron chi connectivity index (χ0n) is 2.97. The number of nitrogens with zero attached hydrogens (tertiary/aromatic N) is 1. The van der Waals surface area contributed by atoms with Crippen LogP contribution in [0.5, 0.6) is 0 Å². The van der Waals surface area contributed by atoms with Gasteiger partial charge in [-0.15, -0.1) is 0 Å². The molecule has 0 bridgehead atoms. The fourth-order valence-corrected chi connectivity index (χ4v) is 0.173. The minimum atomic E-state index is 0.761. The molecule has 0 amide bonds. The van der Waals surface area contributed by atoms with Crippen molar-refractivity contribution in [1.82, 2.24) is 0 Å². The molecule has 0 aromatic rings. The predicted octanol–water partition coefficient (Wildman–Crippen LogP) is 1.24. The van der Waals surface area contributed by atoms with Gasteiger partial charge in [-0.1, -0.05) is 0 Å². The molecule has 0 N–H and O–H groups in total. The van der Waals surface area contributed by atoms with Crippen molar-refractivity contribution in [2.75, 3.05) is 0 Å². The van der Waals surface area contributed by atoms with Crippen LogP contribution < -0.4 is 0 Å². The second-order valence-corrected chi connectivity index (χ2v) is 1.46. The second-order valence-electron chi connectivity index (χ2n) is 0.487. The molecule has 2 heteroatoms. The summed E-state index contributed by atoms with van der Waals surface area (Å²) in [6, 6.07) is 0. The molecule has 0 aliphatic heterocycles. The lowest BCUT2D eigenvalue weighted by molar-refractivity contribution is 1.57. The fourth-order valence-electron chi connectivity index (χ4n) is 0.0577. The normalized spacial score (nSPS) is 8.00. The maximum Gasteiger partial charge on any atom is 0.121 e. The van der Waals surface area contributed by atoms with Crippen LogP contribution in [0.25, 0.3) is 0 Å². The van der Waals surface area contributed by atoms with E-state index in [1.165, 1.54) is 0 Å². The monoisotopic (exact) mass is 85.0 g/mol. The van der Waals surface area contributed by atoms with Crippen molar-refractivity contribution >= 4 is 14.0 Å². The fraction of sp³-hybridized carbons (Fsp3) is 0.333. The second kappa shape index (κ2) is 3.66. The van der Waals surface area contributed by atoms with Gasteiger partial charge in [-0.3, -0.25) is 0 Å². The Morgan fingerprint density at radius 3 is 2.60 bits per heavy atom. The minimum Gasteiger partial charge on any atom is -0.188 e. The van der Waals surface area contributed by atoms with Gasteiger partial charge in [0.05, 0.1) is 0 Å². The maximum atomic E-state index is 7.77. The van der Waals surface area contributed by atoms with Crippen molar-refractivity contribution in [2.45, 2.75) is 6.92 Å². The van der Waals surface area contributed by atoms with Gasteiger partial charge in [-0.05, 0) is 12.7 Å². The molecule has 0 unspecified atom stereocenters. The van der Waals surface area contributed by atoms with E-state index < -0.39 is 0 Å². The number of hydrogen-bond acceptors (Lipinski definition) is 1. The Hall–Kier alpha value is -0.340. The number of nitriles is 1. The van der Waals surface area contributed by atoms with Crippen LogP contribution in [0, 0.1) is 11.1 Å². The zero-order valence-corrected chi connectivity index (χ0v) is 3.87. The summed E-state index contributed by atoms with van der Waals surface area (Å²) in [7, 11) is 0.761. The molecule has 0 spiro atoms. The van der Waals surface area contributed by atoms with Crippen LogP contribution in [0.4, 0.5) is 0 Å². The van der Waals surface area contributed by atoms with Crippen LogP contribution in [0.2, 0.25) is 0 Å². The molecule has 0 rings (SSSR count). The van der Waals surface area contributed by atoms with Crippen molar-refractivity contribution in [3.05, 3.63) is 0 Å². The standard InChI is InChI=1S/C3H4NP/c1-2-5-3-4/h2H,1H3. The summed E-state index contributed by atoms with van der Waals surface area (Å²) in [6.45, 7) is 1.85. The van der Waals surface area contributed by atoms with Gasteiger partial charge < -0.3 is 0 Å². The summed E-state index contributed by atoms with van der Waals surface area (Å²) in [5.41, 5.74) is 0. The summed E-state index contributed by atoms with van der Waals surface area (Å²) in [4.78, 5) is 0. The van der Waals surface area contributed by atoms with Gasteiger partial charge >= 0.3 is 0 Å². The van der Waals surface area contributed by atoms with E-state index >= 15 is 0 Å². The van der Waals surface area contributed by atoms with Crippen molar-refractivity contribution < 1.29 is 0 Å². The number of rotatable bonds is 0. The van der Waals surface area contributed by atoms with E-state index in [0.717, 1.165) is 8.20 Å². The van der Waals surface area contributed by atoms with Gasteiger partial charge in [0.1, 0.15) is 5.81 Å². The third-order valence-corrected chi connectivity index (χ3v) is 0.561. The SMILES string of the molecule is C/C=P\C#N. The molecule has 0 saturated carbocycles. The smallest absolute Gasteiger partial charge is 0.121 e. The first-order valence-corrected chi connectivity index (χ1v) is 2.25. The predicted molar refractivity (Wildman–Crippen MR) is 24.3 cm³/mol. The van der Waals surface area contributed by atoms with E-state index in [4.69, 9.17) is 5.26 Å². The van der Waals surface area contributed by atoms with Gasteiger partial charge in [0.2, 0.25) is 0 Å². The van der Waals surface area contributed by atoms with Gasteiger partial charge in [-0.25, -0.2) is 0 Å². The molecule has 26 valence electrons. The largest absolute Gasteiger partial charge is 0.188 e. The van der Waals surface area contributed by atoms with Gasteiger partial charge in [0, 0.05) is 8.20 Å². The molecule has 0 aliphatic carbocycles. The Morgan fingerprint density at radius 1 is 2.00 bits per heavy atom.